The Balaban J connectivity index is 2.19. The van der Waals surface area contributed by atoms with Crippen molar-refractivity contribution in [3.63, 3.8) is 0 Å². The lowest BCUT2D eigenvalue weighted by Gasteiger charge is -2.32. The Morgan fingerprint density at radius 3 is 2.52 bits per heavy atom. The van der Waals surface area contributed by atoms with Crippen molar-refractivity contribution in [1.82, 2.24) is 4.90 Å². The minimum Gasteiger partial charge on any atom is -0.490 e. The van der Waals surface area contributed by atoms with Gasteiger partial charge < -0.3 is 9.64 Å². The van der Waals surface area contributed by atoms with E-state index in [9.17, 15) is 13.6 Å². The highest BCUT2D eigenvalue weighted by molar-refractivity contribution is 14.1. The Hall–Kier alpha value is -0.920. The van der Waals surface area contributed by atoms with Crippen LogP contribution in [0, 0.1) is 3.57 Å². The van der Waals surface area contributed by atoms with E-state index in [0.29, 0.717) is 11.3 Å². The molecular formula is C15H18F2INO2. The van der Waals surface area contributed by atoms with E-state index in [1.807, 2.05) is 19.9 Å². The van der Waals surface area contributed by atoms with E-state index in [4.69, 9.17) is 4.74 Å². The summed E-state index contributed by atoms with van der Waals surface area (Å²) < 4.78 is 33.0. The van der Waals surface area contributed by atoms with Crippen molar-refractivity contribution in [3.05, 3.63) is 27.3 Å². The number of carbonyl (C=O) groups is 1. The van der Waals surface area contributed by atoms with Crippen molar-refractivity contribution < 1.29 is 18.3 Å². The maximum absolute atomic E-state index is 13.2. The average Bonchev–Trinajstić information content (AvgIpc) is 2.37. The predicted molar refractivity (Wildman–Crippen MR) is 85.0 cm³/mol. The number of ether oxygens (including phenoxy) is 1. The van der Waals surface area contributed by atoms with Gasteiger partial charge in [0.15, 0.2) is 0 Å². The topological polar surface area (TPSA) is 29.5 Å². The summed E-state index contributed by atoms with van der Waals surface area (Å²) in [5.74, 6) is -2.38. The quantitative estimate of drug-likeness (QED) is 0.708. The molecule has 3 nitrogen and oxygen atoms in total. The zero-order chi connectivity index (χ0) is 15.6. The van der Waals surface area contributed by atoms with Gasteiger partial charge in [-0.1, -0.05) is 0 Å². The van der Waals surface area contributed by atoms with E-state index in [-0.39, 0.29) is 37.9 Å². The van der Waals surface area contributed by atoms with E-state index in [2.05, 4.69) is 22.6 Å². The number of carbonyl (C=O) groups excluding carboxylic acids is 1. The number of hydrogen-bond acceptors (Lipinski definition) is 2. The first-order chi connectivity index (χ1) is 9.78. The minimum atomic E-state index is -2.65. The second-order valence-electron chi connectivity index (χ2n) is 5.46. The van der Waals surface area contributed by atoms with Crippen LogP contribution < -0.4 is 4.74 Å². The summed E-state index contributed by atoms with van der Waals surface area (Å²) in [6.07, 6.45) is -0.604. The number of rotatable bonds is 3. The van der Waals surface area contributed by atoms with Crippen LogP contribution in [0.3, 0.4) is 0 Å². The minimum absolute atomic E-state index is 0.0551. The molecule has 0 saturated carbocycles. The molecule has 0 N–H and O–H groups in total. The smallest absolute Gasteiger partial charge is 0.257 e. The van der Waals surface area contributed by atoms with Crippen LogP contribution in [-0.2, 0) is 0 Å². The third kappa shape index (κ3) is 4.28. The Morgan fingerprint density at radius 2 is 1.95 bits per heavy atom. The number of alkyl halides is 2. The van der Waals surface area contributed by atoms with E-state index < -0.39 is 5.92 Å². The van der Waals surface area contributed by atoms with Gasteiger partial charge >= 0.3 is 0 Å². The second kappa shape index (κ2) is 6.46. The Kier molecular flexibility index (Phi) is 5.06. The first kappa shape index (κ1) is 16.5. The van der Waals surface area contributed by atoms with Gasteiger partial charge in [-0.2, -0.15) is 0 Å². The zero-order valence-corrected chi connectivity index (χ0v) is 14.2. The normalized spacial score (nSPS) is 17.9. The summed E-state index contributed by atoms with van der Waals surface area (Å²) >= 11 is 2.15. The molecule has 1 heterocycles. The standard InChI is InChI=1S/C15H18F2INO2/c1-10(2)21-13-9-11(18)3-4-12(13)14(20)19-7-5-15(16,17)6-8-19/h3-4,9-10H,5-8H2,1-2H3. The molecule has 0 unspecified atom stereocenters. The first-order valence-corrected chi connectivity index (χ1v) is 8.00. The largest absolute Gasteiger partial charge is 0.490 e. The Labute approximate surface area is 136 Å². The fourth-order valence-electron chi connectivity index (χ4n) is 2.23. The number of likely N-dealkylation sites (tertiary alicyclic amines) is 1. The monoisotopic (exact) mass is 409 g/mol. The van der Waals surface area contributed by atoms with Gasteiger partial charge in [0.2, 0.25) is 0 Å². The maximum Gasteiger partial charge on any atom is 0.257 e. The molecule has 1 aliphatic heterocycles. The Morgan fingerprint density at radius 1 is 1.33 bits per heavy atom. The average molecular weight is 409 g/mol. The molecule has 0 aliphatic carbocycles. The molecule has 21 heavy (non-hydrogen) atoms. The van der Waals surface area contributed by atoms with Gasteiger partial charge in [-0.05, 0) is 54.6 Å². The van der Waals surface area contributed by atoms with Crippen LogP contribution in [0.15, 0.2) is 18.2 Å². The molecule has 1 amide bonds. The molecule has 1 aromatic rings. The van der Waals surface area contributed by atoms with Crippen LogP contribution in [0.2, 0.25) is 0 Å². The van der Waals surface area contributed by atoms with Gasteiger partial charge in [0.25, 0.3) is 11.8 Å². The highest BCUT2D eigenvalue weighted by atomic mass is 127. The number of halogens is 3. The predicted octanol–water partition coefficient (Wildman–Crippen LogP) is 3.95. The molecule has 1 aliphatic rings. The second-order valence-corrected chi connectivity index (χ2v) is 6.70. The van der Waals surface area contributed by atoms with Crippen LogP contribution in [0.1, 0.15) is 37.0 Å². The molecule has 2 rings (SSSR count). The van der Waals surface area contributed by atoms with Crippen molar-refractivity contribution in [3.8, 4) is 5.75 Å². The van der Waals surface area contributed by atoms with Gasteiger partial charge in [-0.3, -0.25) is 4.79 Å². The number of hydrogen-bond donors (Lipinski definition) is 0. The van der Waals surface area contributed by atoms with Crippen LogP contribution in [-0.4, -0.2) is 35.9 Å². The lowest BCUT2D eigenvalue weighted by atomic mass is 10.1. The van der Waals surface area contributed by atoms with Gasteiger partial charge in [0, 0.05) is 29.5 Å². The highest BCUT2D eigenvalue weighted by Crippen LogP contribution is 2.30. The molecule has 0 atom stereocenters. The highest BCUT2D eigenvalue weighted by Gasteiger charge is 2.36. The summed E-state index contributed by atoms with van der Waals surface area (Å²) in [7, 11) is 0. The molecule has 0 bridgehead atoms. The van der Waals surface area contributed by atoms with Crippen LogP contribution in [0.5, 0.6) is 5.75 Å². The van der Waals surface area contributed by atoms with Crippen molar-refractivity contribution in [2.45, 2.75) is 38.7 Å². The van der Waals surface area contributed by atoms with Crippen LogP contribution in [0.4, 0.5) is 8.78 Å². The number of benzene rings is 1. The molecular weight excluding hydrogens is 391 g/mol. The van der Waals surface area contributed by atoms with Crippen LogP contribution in [0.25, 0.3) is 0 Å². The fourth-order valence-corrected chi connectivity index (χ4v) is 2.69. The van der Waals surface area contributed by atoms with Gasteiger partial charge in [0.1, 0.15) is 5.75 Å². The molecule has 1 saturated heterocycles. The molecule has 1 fully saturated rings. The lowest BCUT2D eigenvalue weighted by molar-refractivity contribution is -0.0494. The van der Waals surface area contributed by atoms with Gasteiger partial charge in [-0.15, -0.1) is 0 Å². The summed E-state index contributed by atoms with van der Waals surface area (Å²) in [6, 6.07) is 5.32. The lowest BCUT2D eigenvalue weighted by Crippen LogP contribution is -2.42. The van der Waals surface area contributed by atoms with Crippen molar-refractivity contribution in [1.29, 1.82) is 0 Å². The van der Waals surface area contributed by atoms with Crippen LogP contribution >= 0.6 is 22.6 Å². The fraction of sp³-hybridized carbons (Fsp3) is 0.533. The summed E-state index contributed by atoms with van der Waals surface area (Å²) in [4.78, 5) is 14.0. The van der Waals surface area contributed by atoms with E-state index in [0.717, 1.165) is 3.57 Å². The number of amides is 1. The SMILES string of the molecule is CC(C)Oc1cc(I)ccc1C(=O)N1CCC(F)(F)CC1. The van der Waals surface area contributed by atoms with Crippen molar-refractivity contribution in [2.24, 2.45) is 0 Å². The first-order valence-electron chi connectivity index (χ1n) is 6.92. The number of nitrogens with zero attached hydrogens (tertiary/aromatic N) is 1. The third-order valence-electron chi connectivity index (χ3n) is 3.32. The molecule has 0 radical (unpaired) electrons. The van der Waals surface area contributed by atoms with E-state index in [1.54, 1.807) is 12.1 Å². The van der Waals surface area contributed by atoms with Gasteiger partial charge in [0.05, 0.1) is 11.7 Å². The summed E-state index contributed by atoms with van der Waals surface area (Å²) in [5, 5.41) is 0. The van der Waals surface area contributed by atoms with E-state index >= 15 is 0 Å². The zero-order valence-electron chi connectivity index (χ0n) is 12.0. The summed E-state index contributed by atoms with van der Waals surface area (Å²) in [5.41, 5.74) is 0.439. The maximum atomic E-state index is 13.2. The third-order valence-corrected chi connectivity index (χ3v) is 3.99. The number of piperidine rings is 1. The molecule has 0 spiro atoms. The molecule has 116 valence electrons. The van der Waals surface area contributed by atoms with Gasteiger partial charge in [-0.25, -0.2) is 8.78 Å². The van der Waals surface area contributed by atoms with Crippen molar-refractivity contribution >= 4 is 28.5 Å². The summed E-state index contributed by atoms with van der Waals surface area (Å²) in [6.45, 7) is 3.93. The molecule has 0 aromatic heterocycles. The molecule has 6 heteroatoms. The Bertz CT molecular complexity index is 524. The molecule has 1 aromatic carbocycles. The van der Waals surface area contributed by atoms with E-state index in [1.165, 1.54) is 4.90 Å². The van der Waals surface area contributed by atoms with Crippen molar-refractivity contribution in [2.75, 3.05) is 13.1 Å².